The van der Waals surface area contributed by atoms with E-state index >= 15 is 0 Å². The molecule has 0 aromatic heterocycles. The summed E-state index contributed by atoms with van der Waals surface area (Å²) < 4.78 is 0. The van der Waals surface area contributed by atoms with Crippen molar-refractivity contribution in [2.24, 2.45) is 5.41 Å². The fraction of sp³-hybridized carbons (Fsp3) is 0.250. The average molecular weight is 473 g/mol. The molecule has 3 saturated carbocycles. The van der Waals surface area contributed by atoms with Crippen LogP contribution >= 0.6 is 17.0 Å². The third-order valence-electron chi connectivity index (χ3n) is 6.08. The van der Waals surface area contributed by atoms with Crippen LogP contribution in [0.3, 0.4) is 0 Å². The molecule has 3 fully saturated rings. The average Bonchev–Trinajstić information content (AvgIpc) is 3.36. The van der Waals surface area contributed by atoms with Crippen LogP contribution in [0, 0.1) is 66.6 Å². The number of rotatable bonds is 2. The summed E-state index contributed by atoms with van der Waals surface area (Å²) in [4.78, 5) is 0. The minimum atomic E-state index is -0.826. The second-order valence-electron chi connectivity index (χ2n) is 7.35. The summed E-state index contributed by atoms with van der Waals surface area (Å²) in [7, 11) is 9.87. The maximum absolute atomic E-state index is 4.93. The summed E-state index contributed by atoms with van der Waals surface area (Å²) in [6.07, 6.45) is 33.7. The number of hydrogen-bond acceptors (Lipinski definition) is 0. The first-order chi connectivity index (χ1) is 13.3. The van der Waals surface area contributed by atoms with E-state index in [1.54, 1.807) is 5.92 Å². The molecule has 0 heterocycles. The molecule has 5 aliphatic rings. The summed E-state index contributed by atoms with van der Waals surface area (Å²) in [6.45, 7) is 0. The van der Waals surface area contributed by atoms with Crippen molar-refractivity contribution in [2.45, 2.75) is 32.1 Å². The molecular weight excluding hydrogens is 450 g/mol. The van der Waals surface area contributed by atoms with Crippen molar-refractivity contribution in [3.05, 3.63) is 110 Å². The SMILES string of the molecule is [CH]1[CH][CH][C](C2([C]3[C]4C=CC=C[C]4[C]4C=CC=C[C]43)CCCCC2)[CH]1.[Cl][Zr+2][Cl]. The first kappa shape index (κ1) is 20.7. The van der Waals surface area contributed by atoms with E-state index in [4.69, 9.17) is 17.0 Å². The molecule has 5 aliphatic carbocycles. The molecule has 0 aromatic rings. The third kappa shape index (κ3) is 3.92. The monoisotopic (exact) mass is 470 g/mol. The Balaban J connectivity index is 0.000000565. The Bertz CT molecular complexity index is 574. The van der Waals surface area contributed by atoms with Crippen LogP contribution in [-0.4, -0.2) is 0 Å². The van der Waals surface area contributed by atoms with Crippen molar-refractivity contribution >= 4 is 17.0 Å². The van der Waals surface area contributed by atoms with Crippen LogP contribution in [0.2, 0.25) is 0 Å². The Labute approximate surface area is 184 Å². The molecule has 0 bridgehead atoms. The topological polar surface area (TPSA) is 0 Å². The zero-order valence-electron chi connectivity index (χ0n) is 15.2. The second-order valence-corrected chi connectivity index (χ2v) is 11.1. The summed E-state index contributed by atoms with van der Waals surface area (Å²) in [5, 5.41) is 0. The van der Waals surface area contributed by atoms with Crippen molar-refractivity contribution in [3.8, 4) is 0 Å². The Morgan fingerprint density at radius 2 is 1.11 bits per heavy atom. The van der Waals surface area contributed by atoms with Gasteiger partial charge in [0.2, 0.25) is 0 Å². The van der Waals surface area contributed by atoms with Crippen LogP contribution in [-0.2, 0) is 20.8 Å². The van der Waals surface area contributed by atoms with Crippen LogP contribution in [0.4, 0.5) is 0 Å². The number of hydrogen-bond donors (Lipinski definition) is 0. The molecule has 27 heavy (non-hydrogen) atoms. The summed E-state index contributed by atoms with van der Waals surface area (Å²) in [6, 6.07) is 0. The first-order valence-electron chi connectivity index (χ1n) is 9.57. The van der Waals surface area contributed by atoms with E-state index in [1.807, 2.05) is 0 Å². The molecule has 0 amide bonds. The van der Waals surface area contributed by atoms with Gasteiger partial charge in [-0.15, -0.1) is 0 Å². The van der Waals surface area contributed by atoms with Crippen LogP contribution in [0.1, 0.15) is 32.1 Å². The number of halogens is 2. The van der Waals surface area contributed by atoms with Gasteiger partial charge >= 0.3 is 37.9 Å². The van der Waals surface area contributed by atoms with Gasteiger partial charge in [-0.25, -0.2) is 0 Å². The summed E-state index contributed by atoms with van der Waals surface area (Å²) in [5.74, 6) is 8.85. The predicted octanol–water partition coefficient (Wildman–Crippen LogP) is 6.86. The van der Waals surface area contributed by atoms with Gasteiger partial charge in [0.15, 0.2) is 0 Å². The molecule has 134 valence electrons. The molecule has 0 spiro atoms. The van der Waals surface area contributed by atoms with E-state index in [2.05, 4.69) is 74.3 Å². The van der Waals surface area contributed by atoms with E-state index in [1.165, 1.54) is 61.7 Å². The van der Waals surface area contributed by atoms with Crippen molar-refractivity contribution in [1.29, 1.82) is 0 Å². The Hall–Kier alpha value is 0.423. The molecule has 5 rings (SSSR count). The van der Waals surface area contributed by atoms with E-state index in [9.17, 15) is 0 Å². The van der Waals surface area contributed by atoms with E-state index in [0.29, 0.717) is 0 Å². The van der Waals surface area contributed by atoms with Gasteiger partial charge in [0.05, 0.1) is 0 Å². The number of fused-ring (bicyclic) bond motifs is 3. The van der Waals surface area contributed by atoms with E-state index in [0.717, 1.165) is 0 Å². The Morgan fingerprint density at radius 1 is 0.667 bits per heavy atom. The minimum absolute atomic E-state index is 0.185. The molecule has 0 aromatic carbocycles. The van der Waals surface area contributed by atoms with Gasteiger partial charge in [-0.3, -0.25) is 0 Å². The molecule has 0 atom stereocenters. The second kappa shape index (κ2) is 9.49. The molecule has 0 saturated heterocycles. The molecule has 10 radical (unpaired) electrons. The standard InChI is InChI=1S/C24H22.2ClH.Zr/c1-8-16-24(17-9-1,18-10-2-3-11-18)23-21-14-6-4-12-19(21)20-13-5-7-15-22(20)23;;;/h2-7,10-15H,1,8-9,16-17H2;2*1H;/q;;;+4/p-2. The number of allylic oxidation sites excluding steroid dienone is 8. The fourth-order valence-corrected chi connectivity index (χ4v) is 5.06. The van der Waals surface area contributed by atoms with Crippen LogP contribution in [0.5, 0.6) is 0 Å². The van der Waals surface area contributed by atoms with E-state index in [-0.39, 0.29) is 5.41 Å². The molecule has 0 nitrogen and oxygen atoms in total. The third-order valence-corrected chi connectivity index (χ3v) is 6.08. The molecule has 0 unspecified atom stereocenters. The van der Waals surface area contributed by atoms with Gasteiger partial charge in [-0.05, 0) is 49.9 Å². The maximum atomic E-state index is 4.93. The Kier molecular flexibility index (Phi) is 7.27. The quantitative estimate of drug-likeness (QED) is 0.412. The van der Waals surface area contributed by atoms with Crippen LogP contribution < -0.4 is 0 Å². The molecular formula is C24H22Cl2Zr+2. The van der Waals surface area contributed by atoms with Crippen molar-refractivity contribution in [1.82, 2.24) is 0 Å². The van der Waals surface area contributed by atoms with Gasteiger partial charge in [0.25, 0.3) is 0 Å². The van der Waals surface area contributed by atoms with Crippen molar-refractivity contribution in [2.75, 3.05) is 0 Å². The summed E-state index contributed by atoms with van der Waals surface area (Å²) >= 11 is -0.826. The predicted molar refractivity (Wildman–Crippen MR) is 110 cm³/mol. The normalized spacial score (nSPS) is 28.7. The van der Waals surface area contributed by atoms with Crippen LogP contribution in [0.25, 0.3) is 0 Å². The van der Waals surface area contributed by atoms with E-state index < -0.39 is 20.8 Å². The Morgan fingerprint density at radius 3 is 1.59 bits per heavy atom. The summed E-state index contributed by atoms with van der Waals surface area (Å²) in [5.41, 5.74) is 0.185. The van der Waals surface area contributed by atoms with Gasteiger partial charge in [-0.1, -0.05) is 67.9 Å². The van der Waals surface area contributed by atoms with Crippen LogP contribution in [0.15, 0.2) is 48.6 Å². The zero-order chi connectivity index (χ0) is 18.7. The zero-order valence-corrected chi connectivity index (χ0v) is 19.2. The van der Waals surface area contributed by atoms with Gasteiger partial charge in [0.1, 0.15) is 0 Å². The molecule has 3 heteroatoms. The van der Waals surface area contributed by atoms with Crippen molar-refractivity contribution < 1.29 is 20.8 Å². The van der Waals surface area contributed by atoms with Gasteiger partial charge in [-0.2, -0.15) is 0 Å². The fourth-order valence-electron chi connectivity index (χ4n) is 5.06. The van der Waals surface area contributed by atoms with Gasteiger partial charge in [0, 0.05) is 29.6 Å². The molecule has 0 aliphatic heterocycles. The van der Waals surface area contributed by atoms with Crippen molar-refractivity contribution in [3.63, 3.8) is 0 Å². The molecule has 0 N–H and O–H groups in total. The van der Waals surface area contributed by atoms with Gasteiger partial charge < -0.3 is 0 Å². The first-order valence-corrected chi connectivity index (χ1v) is 15.9.